The van der Waals surface area contributed by atoms with Crippen LogP contribution < -0.4 is 10.9 Å². The number of halogens is 2. The van der Waals surface area contributed by atoms with Crippen LogP contribution >= 0.6 is 27.5 Å². The van der Waals surface area contributed by atoms with Crippen LogP contribution in [0.2, 0.25) is 5.15 Å². The SMILES string of the molecule is CCC(CC)n1cc(Cl)nc(Nc2ccc(C(C)C)cc2Br)c1=O. The largest absolute Gasteiger partial charge is 0.335 e. The molecule has 1 aromatic carbocycles. The second-order valence-electron chi connectivity index (χ2n) is 6.11. The molecule has 4 nitrogen and oxygen atoms in total. The Bertz CT molecular complexity index is 769. The molecule has 1 N–H and O–H groups in total. The van der Waals surface area contributed by atoms with E-state index in [4.69, 9.17) is 11.6 Å². The molecule has 0 aliphatic rings. The van der Waals surface area contributed by atoms with Gasteiger partial charge >= 0.3 is 0 Å². The molecule has 6 heteroatoms. The molecule has 0 spiro atoms. The third-order valence-electron chi connectivity index (χ3n) is 4.15. The maximum atomic E-state index is 12.7. The molecule has 0 radical (unpaired) electrons. The molecule has 2 rings (SSSR count). The molecule has 0 bridgehead atoms. The van der Waals surface area contributed by atoms with Crippen LogP contribution in [-0.2, 0) is 0 Å². The maximum absolute atomic E-state index is 12.7. The molecule has 0 saturated carbocycles. The van der Waals surface area contributed by atoms with Crippen LogP contribution in [0.1, 0.15) is 58.1 Å². The van der Waals surface area contributed by atoms with Crippen molar-refractivity contribution in [3.8, 4) is 0 Å². The van der Waals surface area contributed by atoms with Crippen molar-refractivity contribution in [2.45, 2.75) is 52.5 Å². The van der Waals surface area contributed by atoms with E-state index in [1.165, 1.54) is 5.56 Å². The molecular weight excluding hydrogens is 390 g/mol. The second kappa shape index (κ2) is 8.17. The highest BCUT2D eigenvalue weighted by atomic mass is 79.9. The van der Waals surface area contributed by atoms with Crippen molar-refractivity contribution in [1.82, 2.24) is 9.55 Å². The third-order valence-corrected chi connectivity index (χ3v) is 4.99. The Morgan fingerprint density at radius 3 is 2.50 bits per heavy atom. The van der Waals surface area contributed by atoms with E-state index in [-0.39, 0.29) is 17.4 Å². The molecule has 0 unspecified atom stereocenters. The summed E-state index contributed by atoms with van der Waals surface area (Å²) in [4.78, 5) is 16.9. The summed E-state index contributed by atoms with van der Waals surface area (Å²) >= 11 is 9.69. The highest BCUT2D eigenvalue weighted by Gasteiger charge is 2.15. The van der Waals surface area contributed by atoms with Crippen molar-refractivity contribution in [1.29, 1.82) is 0 Å². The summed E-state index contributed by atoms with van der Waals surface area (Å²) in [6.07, 6.45) is 3.34. The lowest BCUT2D eigenvalue weighted by molar-refractivity contribution is 0.457. The highest BCUT2D eigenvalue weighted by molar-refractivity contribution is 9.10. The minimum atomic E-state index is -0.159. The first-order valence-electron chi connectivity index (χ1n) is 8.22. The number of nitrogens with one attached hydrogen (secondary N) is 1. The standard InChI is InChI=1S/C18H23BrClN3O/c1-5-13(6-2)23-10-16(20)22-17(18(23)24)21-15-8-7-12(11(3)4)9-14(15)19/h7-11,13H,5-6H2,1-4H3,(H,21,22). The van der Waals surface area contributed by atoms with E-state index < -0.39 is 0 Å². The lowest BCUT2D eigenvalue weighted by atomic mass is 10.0. The number of nitrogens with zero attached hydrogens (tertiary/aromatic N) is 2. The van der Waals surface area contributed by atoms with Gasteiger partial charge in [0.15, 0.2) is 5.82 Å². The summed E-state index contributed by atoms with van der Waals surface area (Å²) in [5, 5.41) is 3.42. The monoisotopic (exact) mass is 411 g/mol. The van der Waals surface area contributed by atoms with Crippen molar-refractivity contribution in [2.24, 2.45) is 0 Å². The van der Waals surface area contributed by atoms with E-state index in [2.05, 4.69) is 60.0 Å². The average molecular weight is 413 g/mol. The lowest BCUT2D eigenvalue weighted by Gasteiger charge is -2.18. The lowest BCUT2D eigenvalue weighted by Crippen LogP contribution is -2.27. The fraction of sp³-hybridized carbons (Fsp3) is 0.444. The first-order valence-corrected chi connectivity index (χ1v) is 9.39. The smallest absolute Gasteiger partial charge is 0.294 e. The topological polar surface area (TPSA) is 46.9 Å². The first-order chi connectivity index (χ1) is 11.4. The normalized spacial score (nSPS) is 11.3. The van der Waals surface area contributed by atoms with Gasteiger partial charge in [0.1, 0.15) is 5.15 Å². The van der Waals surface area contributed by atoms with Crippen molar-refractivity contribution < 1.29 is 0 Å². The molecule has 2 aromatic rings. The van der Waals surface area contributed by atoms with Gasteiger partial charge in [0.05, 0.1) is 5.69 Å². The summed E-state index contributed by atoms with van der Waals surface area (Å²) < 4.78 is 2.57. The van der Waals surface area contributed by atoms with Gasteiger partial charge in [-0.05, 0) is 52.4 Å². The van der Waals surface area contributed by atoms with Gasteiger partial charge in [-0.25, -0.2) is 4.98 Å². The predicted molar refractivity (Wildman–Crippen MR) is 105 cm³/mol. The van der Waals surface area contributed by atoms with Crippen LogP contribution in [0.5, 0.6) is 0 Å². The van der Waals surface area contributed by atoms with Crippen molar-refractivity contribution >= 4 is 39.0 Å². The molecular formula is C18H23BrClN3O. The molecule has 0 saturated heterocycles. The van der Waals surface area contributed by atoms with Gasteiger partial charge in [0.2, 0.25) is 0 Å². The summed E-state index contributed by atoms with van der Waals surface area (Å²) in [6, 6.07) is 6.16. The van der Waals surface area contributed by atoms with E-state index in [9.17, 15) is 4.79 Å². The second-order valence-corrected chi connectivity index (χ2v) is 7.36. The minimum absolute atomic E-state index is 0.116. The summed E-state index contributed by atoms with van der Waals surface area (Å²) in [5.41, 5.74) is 1.86. The fourth-order valence-corrected chi connectivity index (χ4v) is 3.32. The summed E-state index contributed by atoms with van der Waals surface area (Å²) in [7, 11) is 0. The van der Waals surface area contributed by atoms with Crippen LogP contribution in [0.15, 0.2) is 33.7 Å². The molecule has 0 amide bonds. The highest BCUT2D eigenvalue weighted by Crippen LogP contribution is 2.28. The Kier molecular flexibility index (Phi) is 6.47. The first kappa shape index (κ1) is 19.0. The molecule has 1 heterocycles. The number of benzene rings is 1. The van der Waals surface area contributed by atoms with Gasteiger partial charge in [0, 0.05) is 16.7 Å². The minimum Gasteiger partial charge on any atom is -0.335 e. The van der Waals surface area contributed by atoms with Gasteiger partial charge in [-0.15, -0.1) is 0 Å². The van der Waals surface area contributed by atoms with Crippen LogP contribution in [-0.4, -0.2) is 9.55 Å². The molecule has 0 aliphatic heterocycles. The van der Waals surface area contributed by atoms with Crippen LogP contribution in [0.3, 0.4) is 0 Å². The van der Waals surface area contributed by atoms with Gasteiger partial charge in [-0.1, -0.05) is 45.4 Å². The Morgan fingerprint density at radius 2 is 1.96 bits per heavy atom. The van der Waals surface area contributed by atoms with E-state index in [0.717, 1.165) is 23.0 Å². The van der Waals surface area contributed by atoms with E-state index in [1.807, 2.05) is 12.1 Å². The molecule has 24 heavy (non-hydrogen) atoms. The predicted octanol–water partition coefficient (Wildman–Crippen LogP) is 5.89. The van der Waals surface area contributed by atoms with Gasteiger partial charge in [-0.3, -0.25) is 4.79 Å². The van der Waals surface area contributed by atoms with Crippen LogP contribution in [0.4, 0.5) is 11.5 Å². The molecule has 1 aromatic heterocycles. The van der Waals surface area contributed by atoms with Gasteiger partial charge in [0.25, 0.3) is 5.56 Å². The zero-order valence-electron chi connectivity index (χ0n) is 14.4. The molecule has 130 valence electrons. The van der Waals surface area contributed by atoms with Crippen molar-refractivity contribution in [3.63, 3.8) is 0 Å². The number of anilines is 2. The number of aromatic nitrogens is 2. The van der Waals surface area contributed by atoms with E-state index in [0.29, 0.717) is 11.1 Å². The van der Waals surface area contributed by atoms with Gasteiger partial charge < -0.3 is 9.88 Å². The Morgan fingerprint density at radius 1 is 1.29 bits per heavy atom. The molecule has 0 fully saturated rings. The quantitative estimate of drug-likeness (QED) is 0.643. The number of hydrogen-bond donors (Lipinski definition) is 1. The third kappa shape index (κ3) is 4.19. The fourth-order valence-electron chi connectivity index (χ4n) is 2.63. The number of rotatable bonds is 6. The summed E-state index contributed by atoms with van der Waals surface area (Å²) in [6.45, 7) is 8.40. The maximum Gasteiger partial charge on any atom is 0.294 e. The molecule has 0 aliphatic carbocycles. The zero-order valence-corrected chi connectivity index (χ0v) is 16.8. The van der Waals surface area contributed by atoms with Crippen molar-refractivity contribution in [2.75, 3.05) is 5.32 Å². The van der Waals surface area contributed by atoms with E-state index in [1.54, 1.807) is 10.8 Å². The average Bonchev–Trinajstić information content (AvgIpc) is 2.54. The number of hydrogen-bond acceptors (Lipinski definition) is 3. The Hall–Kier alpha value is -1.33. The zero-order chi connectivity index (χ0) is 17.9. The Labute approximate surface area is 156 Å². The van der Waals surface area contributed by atoms with E-state index >= 15 is 0 Å². The van der Waals surface area contributed by atoms with Crippen LogP contribution in [0.25, 0.3) is 0 Å². The summed E-state index contributed by atoms with van der Waals surface area (Å²) in [5.74, 6) is 0.680. The molecule has 0 atom stereocenters. The van der Waals surface area contributed by atoms with Gasteiger partial charge in [-0.2, -0.15) is 0 Å². The van der Waals surface area contributed by atoms with Crippen LogP contribution in [0, 0.1) is 0 Å². The Balaban J connectivity index is 2.42. The van der Waals surface area contributed by atoms with Crippen molar-refractivity contribution in [3.05, 3.63) is 49.9 Å².